The van der Waals surface area contributed by atoms with Crippen LogP contribution in [0, 0.1) is 0 Å². The van der Waals surface area contributed by atoms with E-state index in [1.54, 1.807) is 23.1 Å². The molecule has 1 aliphatic heterocycles. The summed E-state index contributed by atoms with van der Waals surface area (Å²) >= 11 is 1.66. The Kier molecular flexibility index (Phi) is 5.34. The van der Waals surface area contributed by atoms with Crippen molar-refractivity contribution in [2.75, 3.05) is 51.8 Å². The van der Waals surface area contributed by atoms with E-state index in [0.29, 0.717) is 19.6 Å². The molecule has 0 aliphatic carbocycles. The summed E-state index contributed by atoms with van der Waals surface area (Å²) in [4.78, 5) is 0. The van der Waals surface area contributed by atoms with Gasteiger partial charge >= 0.3 is 0 Å². The van der Waals surface area contributed by atoms with Crippen LogP contribution in [0.5, 0.6) is 0 Å². The van der Waals surface area contributed by atoms with Crippen LogP contribution in [-0.4, -0.2) is 68.8 Å². The summed E-state index contributed by atoms with van der Waals surface area (Å²) in [6.07, 6.45) is 1.98. The van der Waals surface area contributed by atoms with E-state index in [2.05, 4.69) is 5.32 Å². The van der Waals surface area contributed by atoms with Gasteiger partial charge in [-0.1, -0.05) is 0 Å². The van der Waals surface area contributed by atoms with Crippen LogP contribution >= 0.6 is 11.8 Å². The highest BCUT2D eigenvalue weighted by molar-refractivity contribution is 7.98. The second-order valence-electron chi connectivity index (χ2n) is 3.47. The van der Waals surface area contributed by atoms with Gasteiger partial charge in [-0.25, -0.2) is 0 Å². The van der Waals surface area contributed by atoms with Gasteiger partial charge in [-0.2, -0.15) is 28.8 Å². The number of thioether (sulfide) groups is 1. The minimum absolute atomic E-state index is 0.575. The lowest BCUT2D eigenvalue weighted by molar-refractivity contribution is 0.329. The predicted octanol–water partition coefficient (Wildman–Crippen LogP) is -0.569. The highest BCUT2D eigenvalue weighted by Gasteiger charge is 2.27. The summed E-state index contributed by atoms with van der Waals surface area (Å²) in [6, 6.07) is 0. The van der Waals surface area contributed by atoms with Crippen molar-refractivity contribution < 1.29 is 8.42 Å². The van der Waals surface area contributed by atoms with Crippen molar-refractivity contribution in [1.82, 2.24) is 13.9 Å². The minimum Gasteiger partial charge on any atom is -0.314 e. The average Bonchev–Trinajstić information content (AvgIpc) is 2.27. The molecule has 0 aromatic carbocycles. The van der Waals surface area contributed by atoms with Gasteiger partial charge in [0.25, 0.3) is 10.2 Å². The highest BCUT2D eigenvalue weighted by Crippen LogP contribution is 2.08. The number of rotatable bonds is 5. The molecule has 0 bridgehead atoms. The van der Waals surface area contributed by atoms with Gasteiger partial charge < -0.3 is 5.32 Å². The predicted molar refractivity (Wildman–Crippen MR) is 64.4 cm³/mol. The zero-order chi connectivity index (χ0) is 11.3. The molecule has 15 heavy (non-hydrogen) atoms. The van der Waals surface area contributed by atoms with Crippen molar-refractivity contribution in [3.63, 3.8) is 0 Å². The summed E-state index contributed by atoms with van der Waals surface area (Å²) in [5, 5.41) is 3.14. The molecule has 1 fully saturated rings. The number of hydrogen-bond donors (Lipinski definition) is 1. The monoisotopic (exact) mass is 253 g/mol. The van der Waals surface area contributed by atoms with Crippen LogP contribution in [0.25, 0.3) is 0 Å². The molecule has 1 N–H and O–H groups in total. The summed E-state index contributed by atoms with van der Waals surface area (Å²) in [7, 11) is -1.57. The van der Waals surface area contributed by atoms with E-state index in [0.717, 1.165) is 18.8 Å². The molecule has 0 atom stereocenters. The normalized spacial score (nSPS) is 19.7. The summed E-state index contributed by atoms with van der Waals surface area (Å²) in [5.74, 6) is 0.835. The molecule has 1 saturated heterocycles. The maximum atomic E-state index is 12.0. The second kappa shape index (κ2) is 6.05. The Morgan fingerprint density at radius 2 is 2.00 bits per heavy atom. The molecule has 0 aromatic heterocycles. The summed E-state index contributed by atoms with van der Waals surface area (Å²) in [6.45, 7) is 3.22. The lowest BCUT2D eigenvalue weighted by Gasteiger charge is -2.30. The quantitative estimate of drug-likeness (QED) is 0.713. The van der Waals surface area contributed by atoms with Crippen LogP contribution in [-0.2, 0) is 10.2 Å². The smallest absolute Gasteiger partial charge is 0.281 e. The van der Waals surface area contributed by atoms with Crippen molar-refractivity contribution in [2.24, 2.45) is 0 Å². The number of nitrogens with one attached hydrogen (secondary N) is 1. The Morgan fingerprint density at radius 3 is 2.53 bits per heavy atom. The number of hydrogen-bond acceptors (Lipinski definition) is 4. The van der Waals surface area contributed by atoms with Crippen LogP contribution in [0.1, 0.15) is 0 Å². The number of piperazine rings is 1. The Bertz CT molecular complexity index is 276. The van der Waals surface area contributed by atoms with Crippen molar-refractivity contribution in [3.05, 3.63) is 0 Å². The van der Waals surface area contributed by atoms with E-state index in [1.165, 1.54) is 4.31 Å². The van der Waals surface area contributed by atoms with Crippen LogP contribution in [0.4, 0.5) is 0 Å². The number of nitrogens with zero attached hydrogens (tertiary/aromatic N) is 2. The molecule has 7 heteroatoms. The molecule has 0 aromatic rings. The fourth-order valence-corrected chi connectivity index (χ4v) is 3.34. The third-order valence-electron chi connectivity index (χ3n) is 2.41. The van der Waals surface area contributed by atoms with Crippen molar-refractivity contribution >= 4 is 22.0 Å². The molecule has 0 radical (unpaired) electrons. The van der Waals surface area contributed by atoms with E-state index in [-0.39, 0.29) is 0 Å². The second-order valence-corrected chi connectivity index (χ2v) is 6.49. The molecule has 5 nitrogen and oxygen atoms in total. The first-order valence-corrected chi connectivity index (χ1v) is 7.79. The van der Waals surface area contributed by atoms with Crippen molar-refractivity contribution in [2.45, 2.75) is 0 Å². The SMILES string of the molecule is CSCCN(C)S(=O)(=O)N1CCNCC1. The Labute approximate surface area is 96.4 Å². The van der Waals surface area contributed by atoms with Gasteiger partial charge in [-0.3, -0.25) is 0 Å². The van der Waals surface area contributed by atoms with Crippen molar-refractivity contribution in [1.29, 1.82) is 0 Å². The molecule has 90 valence electrons. The van der Waals surface area contributed by atoms with Gasteiger partial charge in [-0.15, -0.1) is 0 Å². The molecule has 1 rings (SSSR count). The third kappa shape index (κ3) is 3.60. The first-order chi connectivity index (χ1) is 7.09. The van der Waals surface area contributed by atoms with Gasteiger partial charge in [0, 0.05) is 45.5 Å². The largest absolute Gasteiger partial charge is 0.314 e. The van der Waals surface area contributed by atoms with Crippen LogP contribution in [0.3, 0.4) is 0 Å². The van der Waals surface area contributed by atoms with E-state index in [9.17, 15) is 8.42 Å². The fraction of sp³-hybridized carbons (Fsp3) is 1.00. The lowest BCUT2D eigenvalue weighted by Crippen LogP contribution is -2.51. The Hall–Kier alpha value is 0.180. The molecule has 0 amide bonds. The molecule has 0 unspecified atom stereocenters. The van der Waals surface area contributed by atoms with Gasteiger partial charge in [-0.05, 0) is 6.26 Å². The topological polar surface area (TPSA) is 52.7 Å². The first kappa shape index (κ1) is 13.2. The van der Waals surface area contributed by atoms with Crippen molar-refractivity contribution in [3.8, 4) is 0 Å². The maximum Gasteiger partial charge on any atom is 0.281 e. The fourth-order valence-electron chi connectivity index (χ4n) is 1.41. The van der Waals surface area contributed by atoms with Gasteiger partial charge in [0.15, 0.2) is 0 Å². The minimum atomic E-state index is -3.22. The molecule has 0 spiro atoms. The maximum absolute atomic E-state index is 12.0. The van der Waals surface area contributed by atoms with E-state index < -0.39 is 10.2 Å². The molecule has 0 saturated carbocycles. The van der Waals surface area contributed by atoms with Gasteiger partial charge in [0.2, 0.25) is 0 Å². The third-order valence-corrected chi connectivity index (χ3v) is 4.99. The zero-order valence-electron chi connectivity index (χ0n) is 9.27. The molecule has 1 aliphatic rings. The Morgan fingerprint density at radius 1 is 1.40 bits per heavy atom. The zero-order valence-corrected chi connectivity index (χ0v) is 10.9. The standard InChI is InChI=1S/C8H19N3O2S2/c1-10(7-8-14-2)15(12,13)11-5-3-9-4-6-11/h9H,3-8H2,1-2H3. The average molecular weight is 253 g/mol. The summed E-state index contributed by atoms with van der Waals surface area (Å²) in [5.41, 5.74) is 0. The van der Waals surface area contributed by atoms with Crippen LogP contribution in [0.15, 0.2) is 0 Å². The van der Waals surface area contributed by atoms with Gasteiger partial charge in [0.05, 0.1) is 0 Å². The molecular formula is C8H19N3O2S2. The van der Waals surface area contributed by atoms with Crippen LogP contribution < -0.4 is 5.32 Å². The molecule has 1 heterocycles. The van der Waals surface area contributed by atoms with E-state index in [1.807, 2.05) is 6.26 Å². The van der Waals surface area contributed by atoms with Gasteiger partial charge in [0.1, 0.15) is 0 Å². The first-order valence-electron chi connectivity index (χ1n) is 5.00. The summed E-state index contributed by atoms with van der Waals surface area (Å²) < 4.78 is 27.0. The highest BCUT2D eigenvalue weighted by atomic mass is 32.2. The van der Waals surface area contributed by atoms with Crippen LogP contribution in [0.2, 0.25) is 0 Å². The van der Waals surface area contributed by atoms with E-state index >= 15 is 0 Å². The molecular weight excluding hydrogens is 234 g/mol. The van der Waals surface area contributed by atoms with E-state index in [4.69, 9.17) is 0 Å². The lowest BCUT2D eigenvalue weighted by atomic mass is 10.4. The Balaban J connectivity index is 2.55.